The molecule has 7 heteroatoms. The van der Waals surface area contributed by atoms with E-state index in [2.05, 4.69) is 0 Å². The van der Waals surface area contributed by atoms with Crippen LogP contribution in [0.15, 0.2) is 48.5 Å². The number of halogens is 1. The molecule has 3 rings (SSSR count). The summed E-state index contributed by atoms with van der Waals surface area (Å²) in [6.07, 6.45) is 0. The lowest BCUT2D eigenvalue weighted by Crippen LogP contribution is -2.49. The third kappa shape index (κ3) is 3.19. The van der Waals surface area contributed by atoms with Crippen LogP contribution in [0.1, 0.15) is 10.4 Å². The Morgan fingerprint density at radius 3 is 2.29 bits per heavy atom. The Kier molecular flexibility index (Phi) is 4.66. The Labute approximate surface area is 144 Å². The van der Waals surface area contributed by atoms with Crippen molar-refractivity contribution in [3.8, 4) is 0 Å². The number of hydrogen-bond acceptors (Lipinski definition) is 4. The molecule has 0 bridgehead atoms. The van der Waals surface area contributed by atoms with E-state index < -0.39 is 0 Å². The van der Waals surface area contributed by atoms with Gasteiger partial charge in [-0.1, -0.05) is 35.9 Å². The van der Waals surface area contributed by atoms with Crippen molar-refractivity contribution < 1.29 is 9.72 Å². The molecule has 0 atom stereocenters. The van der Waals surface area contributed by atoms with E-state index in [1.54, 1.807) is 47.4 Å². The van der Waals surface area contributed by atoms with Crippen molar-refractivity contribution in [1.82, 2.24) is 4.90 Å². The van der Waals surface area contributed by atoms with Gasteiger partial charge >= 0.3 is 0 Å². The lowest BCUT2D eigenvalue weighted by atomic mass is 10.1. The highest BCUT2D eigenvalue weighted by atomic mass is 35.5. The molecule has 0 unspecified atom stereocenters. The normalized spacial score (nSPS) is 14.5. The zero-order chi connectivity index (χ0) is 17.1. The van der Waals surface area contributed by atoms with Gasteiger partial charge in [0.1, 0.15) is 5.69 Å². The van der Waals surface area contributed by atoms with E-state index in [9.17, 15) is 14.9 Å². The minimum Gasteiger partial charge on any atom is -0.362 e. The maximum Gasteiger partial charge on any atom is 0.292 e. The summed E-state index contributed by atoms with van der Waals surface area (Å²) in [5, 5.41) is 11.6. The van der Waals surface area contributed by atoms with Crippen molar-refractivity contribution in [3.05, 3.63) is 69.2 Å². The maximum atomic E-state index is 12.6. The Hall–Kier alpha value is -2.60. The fourth-order valence-corrected chi connectivity index (χ4v) is 3.06. The van der Waals surface area contributed by atoms with Gasteiger partial charge in [-0.15, -0.1) is 0 Å². The number of carbonyl (C=O) groups is 1. The van der Waals surface area contributed by atoms with Gasteiger partial charge < -0.3 is 9.80 Å². The molecule has 0 spiro atoms. The van der Waals surface area contributed by atoms with Gasteiger partial charge in [0, 0.05) is 32.2 Å². The molecule has 2 aromatic rings. The summed E-state index contributed by atoms with van der Waals surface area (Å²) >= 11 is 6.09. The number of anilines is 1. The van der Waals surface area contributed by atoms with E-state index in [1.165, 1.54) is 6.07 Å². The van der Waals surface area contributed by atoms with E-state index in [-0.39, 0.29) is 16.5 Å². The molecule has 0 aliphatic carbocycles. The second-order valence-corrected chi connectivity index (χ2v) is 5.91. The largest absolute Gasteiger partial charge is 0.362 e. The molecule has 124 valence electrons. The Morgan fingerprint density at radius 2 is 1.62 bits per heavy atom. The van der Waals surface area contributed by atoms with Crippen molar-refractivity contribution in [3.63, 3.8) is 0 Å². The van der Waals surface area contributed by atoms with Crippen molar-refractivity contribution in [2.75, 3.05) is 31.1 Å². The Bertz CT molecular complexity index is 773. The summed E-state index contributed by atoms with van der Waals surface area (Å²) in [7, 11) is 0. The van der Waals surface area contributed by atoms with E-state index >= 15 is 0 Å². The molecule has 1 amide bonds. The van der Waals surface area contributed by atoms with Crippen LogP contribution in [0.5, 0.6) is 0 Å². The summed E-state index contributed by atoms with van der Waals surface area (Å²) in [6, 6.07) is 13.6. The highest BCUT2D eigenvalue weighted by Gasteiger charge is 2.26. The van der Waals surface area contributed by atoms with Crippen LogP contribution < -0.4 is 4.90 Å². The molecule has 0 radical (unpaired) electrons. The van der Waals surface area contributed by atoms with Gasteiger partial charge in [-0.3, -0.25) is 14.9 Å². The molecule has 0 N–H and O–H groups in total. The Balaban J connectivity index is 1.72. The minimum absolute atomic E-state index is 0.0865. The standard InChI is InChI=1S/C17H16ClN3O3/c18-14-6-2-1-5-13(14)17(22)20-11-9-19(10-12-20)15-7-3-4-8-16(15)21(23)24/h1-8H,9-12H2. The molecule has 1 heterocycles. The van der Waals surface area contributed by atoms with Crippen molar-refractivity contribution in [2.24, 2.45) is 0 Å². The van der Waals surface area contributed by atoms with Crippen molar-refractivity contribution >= 4 is 28.9 Å². The number of piperazine rings is 1. The van der Waals surface area contributed by atoms with Gasteiger partial charge in [0.15, 0.2) is 0 Å². The molecule has 0 aromatic heterocycles. The van der Waals surface area contributed by atoms with Crippen molar-refractivity contribution in [1.29, 1.82) is 0 Å². The second kappa shape index (κ2) is 6.88. The number of nitro groups is 1. The average molecular weight is 346 g/mol. The van der Waals surface area contributed by atoms with Gasteiger partial charge in [0.25, 0.3) is 11.6 Å². The lowest BCUT2D eigenvalue weighted by molar-refractivity contribution is -0.384. The van der Waals surface area contributed by atoms with Crippen LogP contribution in [0.4, 0.5) is 11.4 Å². The maximum absolute atomic E-state index is 12.6. The van der Waals surface area contributed by atoms with Crippen LogP contribution in [-0.4, -0.2) is 41.9 Å². The fraction of sp³-hybridized carbons (Fsp3) is 0.235. The highest BCUT2D eigenvalue weighted by molar-refractivity contribution is 6.33. The number of nitrogens with zero attached hydrogens (tertiary/aromatic N) is 3. The molecular weight excluding hydrogens is 330 g/mol. The monoisotopic (exact) mass is 345 g/mol. The number of rotatable bonds is 3. The SMILES string of the molecule is O=C(c1ccccc1Cl)N1CCN(c2ccccc2[N+](=O)[O-])CC1. The predicted molar refractivity (Wildman–Crippen MR) is 92.7 cm³/mol. The van der Waals surface area contributed by atoms with Gasteiger partial charge in [-0.2, -0.15) is 0 Å². The van der Waals surface area contributed by atoms with Crippen molar-refractivity contribution in [2.45, 2.75) is 0 Å². The molecule has 6 nitrogen and oxygen atoms in total. The third-order valence-electron chi connectivity index (χ3n) is 4.09. The zero-order valence-electron chi connectivity index (χ0n) is 12.9. The lowest BCUT2D eigenvalue weighted by Gasteiger charge is -2.35. The van der Waals surface area contributed by atoms with Gasteiger partial charge in [0.2, 0.25) is 0 Å². The fourth-order valence-electron chi connectivity index (χ4n) is 2.84. The van der Waals surface area contributed by atoms with Crippen LogP contribution in [0.25, 0.3) is 0 Å². The molecule has 1 aliphatic rings. The molecular formula is C17H16ClN3O3. The zero-order valence-corrected chi connectivity index (χ0v) is 13.6. The molecule has 0 saturated carbocycles. The number of amides is 1. The van der Waals surface area contributed by atoms with Crippen LogP contribution in [0, 0.1) is 10.1 Å². The smallest absolute Gasteiger partial charge is 0.292 e. The minimum atomic E-state index is -0.378. The van der Waals surface area contributed by atoms with Crippen LogP contribution >= 0.6 is 11.6 Å². The van der Waals surface area contributed by atoms with E-state index in [0.717, 1.165) is 0 Å². The van der Waals surface area contributed by atoms with E-state index in [1.807, 2.05) is 4.90 Å². The molecule has 24 heavy (non-hydrogen) atoms. The van der Waals surface area contributed by atoms with Gasteiger partial charge in [-0.05, 0) is 18.2 Å². The first-order valence-electron chi connectivity index (χ1n) is 7.60. The van der Waals surface area contributed by atoms with Crippen LogP contribution in [-0.2, 0) is 0 Å². The number of benzene rings is 2. The second-order valence-electron chi connectivity index (χ2n) is 5.50. The summed E-state index contributed by atoms with van der Waals surface area (Å²) in [6.45, 7) is 2.08. The Morgan fingerprint density at radius 1 is 1.00 bits per heavy atom. The van der Waals surface area contributed by atoms with Gasteiger partial charge in [-0.25, -0.2) is 0 Å². The molecule has 1 saturated heterocycles. The quantitative estimate of drug-likeness (QED) is 0.633. The number of nitro benzene ring substituents is 1. The first-order valence-corrected chi connectivity index (χ1v) is 7.98. The molecule has 1 fully saturated rings. The van der Waals surface area contributed by atoms with Crippen LogP contribution in [0.2, 0.25) is 5.02 Å². The number of para-hydroxylation sites is 2. The van der Waals surface area contributed by atoms with Gasteiger partial charge in [0.05, 0.1) is 15.5 Å². The topological polar surface area (TPSA) is 66.7 Å². The first kappa shape index (κ1) is 16.3. The first-order chi connectivity index (χ1) is 11.6. The number of hydrogen-bond donors (Lipinski definition) is 0. The summed E-state index contributed by atoms with van der Waals surface area (Å²) in [5.41, 5.74) is 1.16. The number of carbonyl (C=O) groups excluding carboxylic acids is 1. The summed E-state index contributed by atoms with van der Waals surface area (Å²) < 4.78 is 0. The van der Waals surface area contributed by atoms with E-state index in [0.29, 0.717) is 42.5 Å². The molecule has 2 aromatic carbocycles. The summed E-state index contributed by atoms with van der Waals surface area (Å²) in [4.78, 5) is 27.0. The van der Waals surface area contributed by atoms with E-state index in [4.69, 9.17) is 11.6 Å². The summed E-state index contributed by atoms with van der Waals surface area (Å²) in [5.74, 6) is -0.109. The third-order valence-corrected chi connectivity index (χ3v) is 4.42. The average Bonchev–Trinajstić information content (AvgIpc) is 2.62. The van der Waals surface area contributed by atoms with Crippen LogP contribution in [0.3, 0.4) is 0 Å². The molecule has 1 aliphatic heterocycles. The predicted octanol–water partition coefficient (Wildman–Crippen LogP) is 3.21. The highest BCUT2D eigenvalue weighted by Crippen LogP contribution is 2.28.